The SMILES string of the molecule is COC(=O)C=Cc1ccc2n1S(F)(F)[N+]1=C(C=CC(C)=O)C=CC1=C2c1ccc(C(=O)N2CCSC(C)C2)cc1. The Morgan fingerprint density at radius 2 is 1.82 bits per heavy atom. The molecule has 0 bridgehead atoms. The highest BCUT2D eigenvalue weighted by molar-refractivity contribution is 8.18. The third kappa shape index (κ3) is 5.11. The maximum absolute atomic E-state index is 16.3. The Kier molecular flexibility index (Phi) is 7.70. The quantitative estimate of drug-likeness (QED) is 0.257. The summed E-state index contributed by atoms with van der Waals surface area (Å²) >= 11 is -2.83. The summed E-state index contributed by atoms with van der Waals surface area (Å²) < 4.78 is 39.1. The van der Waals surface area contributed by atoms with Crippen molar-refractivity contribution in [3.63, 3.8) is 0 Å². The molecule has 1 unspecified atom stereocenters. The molecule has 11 heteroatoms. The Morgan fingerprint density at radius 1 is 1.07 bits per heavy atom. The van der Waals surface area contributed by atoms with Gasteiger partial charge < -0.3 is 9.64 Å². The van der Waals surface area contributed by atoms with Crippen LogP contribution in [0, 0.1) is 0 Å². The van der Waals surface area contributed by atoms with Crippen molar-refractivity contribution in [1.82, 2.24) is 8.87 Å². The highest BCUT2D eigenvalue weighted by Crippen LogP contribution is 2.62. The monoisotopic (exact) mass is 584 g/mol. The first-order valence-corrected chi connectivity index (χ1v) is 15.0. The number of benzene rings is 1. The van der Waals surface area contributed by atoms with E-state index in [0.29, 0.717) is 40.7 Å². The van der Waals surface area contributed by atoms with Crippen molar-refractivity contribution in [3.8, 4) is 0 Å². The average molecular weight is 585 g/mol. The number of hydrogen-bond acceptors (Lipinski definition) is 5. The van der Waals surface area contributed by atoms with Crippen LogP contribution in [0.1, 0.15) is 41.2 Å². The number of ketones is 1. The van der Waals surface area contributed by atoms with Crippen LogP contribution < -0.4 is 0 Å². The number of carbonyl (C=O) groups excluding carboxylic acids is 3. The Labute approximate surface area is 237 Å². The van der Waals surface area contributed by atoms with Crippen molar-refractivity contribution in [2.24, 2.45) is 0 Å². The third-order valence-corrected chi connectivity index (χ3v) is 9.54. The second-order valence-corrected chi connectivity index (χ2v) is 12.6. The molecule has 0 aliphatic carbocycles. The number of allylic oxidation sites excluding steroid dienone is 4. The fraction of sp³-hybridized carbons (Fsp3) is 0.241. The van der Waals surface area contributed by atoms with Crippen molar-refractivity contribution in [2.75, 3.05) is 26.0 Å². The lowest BCUT2D eigenvalue weighted by atomic mass is 9.99. The van der Waals surface area contributed by atoms with Crippen molar-refractivity contribution in [2.45, 2.75) is 19.1 Å². The highest BCUT2D eigenvalue weighted by Gasteiger charge is 2.52. The van der Waals surface area contributed by atoms with Crippen molar-refractivity contribution >= 4 is 58.0 Å². The summed E-state index contributed by atoms with van der Waals surface area (Å²) in [5.74, 6) is -0.0932. The van der Waals surface area contributed by atoms with E-state index in [1.807, 2.05) is 16.7 Å². The molecule has 208 valence electrons. The molecule has 40 heavy (non-hydrogen) atoms. The minimum atomic E-state index is -4.68. The fourth-order valence-electron chi connectivity index (χ4n) is 4.88. The maximum atomic E-state index is 16.3. The van der Waals surface area contributed by atoms with Gasteiger partial charge in [0.2, 0.25) is 11.4 Å². The van der Waals surface area contributed by atoms with Gasteiger partial charge in [-0.1, -0.05) is 30.8 Å². The second kappa shape index (κ2) is 11.1. The van der Waals surface area contributed by atoms with Crippen LogP contribution in [0.15, 0.2) is 72.5 Å². The molecular weight excluding hydrogens is 556 g/mol. The molecular formula is C29H28F2N3O4S2+. The summed E-state index contributed by atoms with van der Waals surface area (Å²) in [5.41, 5.74) is 2.60. The molecule has 1 fully saturated rings. The predicted molar refractivity (Wildman–Crippen MR) is 155 cm³/mol. The molecule has 3 aliphatic rings. The van der Waals surface area contributed by atoms with Gasteiger partial charge in [0, 0.05) is 54.0 Å². The number of ether oxygens (including phenoxy) is 1. The average Bonchev–Trinajstić information content (AvgIpc) is 3.56. The largest absolute Gasteiger partial charge is 0.466 e. The van der Waals surface area contributed by atoms with Crippen LogP contribution >= 0.6 is 22.9 Å². The van der Waals surface area contributed by atoms with Gasteiger partial charge in [-0.25, -0.2) is 8.77 Å². The second-order valence-electron chi connectivity index (χ2n) is 9.48. The zero-order chi connectivity index (χ0) is 28.6. The van der Waals surface area contributed by atoms with E-state index in [0.717, 1.165) is 19.8 Å². The lowest BCUT2D eigenvalue weighted by molar-refractivity contribution is -0.300. The lowest BCUT2D eigenvalue weighted by Gasteiger charge is -2.30. The van der Waals surface area contributed by atoms with Gasteiger partial charge >= 0.3 is 17.1 Å². The van der Waals surface area contributed by atoms with E-state index in [1.54, 1.807) is 42.5 Å². The number of aromatic nitrogens is 1. The van der Waals surface area contributed by atoms with E-state index in [-0.39, 0.29) is 28.8 Å². The topological polar surface area (TPSA) is 71.6 Å². The molecule has 1 saturated heterocycles. The molecule has 0 radical (unpaired) electrons. The number of carbonyl (C=O) groups is 3. The zero-order valence-electron chi connectivity index (χ0n) is 22.2. The van der Waals surface area contributed by atoms with E-state index in [4.69, 9.17) is 0 Å². The molecule has 1 aromatic heterocycles. The summed E-state index contributed by atoms with van der Waals surface area (Å²) in [5, 5.41) is 0.369. The summed E-state index contributed by atoms with van der Waals surface area (Å²) in [7, 11) is 1.21. The number of nitrogens with zero attached hydrogens (tertiary/aromatic N) is 3. The Hall–Kier alpha value is -3.70. The first-order valence-electron chi connectivity index (χ1n) is 12.6. The van der Waals surface area contributed by atoms with Crippen LogP contribution in [-0.2, 0) is 14.3 Å². The third-order valence-electron chi connectivity index (χ3n) is 6.71. The van der Waals surface area contributed by atoms with Gasteiger partial charge in [0.05, 0.1) is 24.1 Å². The molecule has 1 aromatic carbocycles. The molecule has 2 aromatic rings. The molecule has 4 heterocycles. The van der Waals surface area contributed by atoms with Crippen molar-refractivity contribution in [1.29, 1.82) is 0 Å². The molecule has 0 saturated carbocycles. The Bertz CT molecular complexity index is 1550. The molecule has 3 aliphatic heterocycles. The van der Waals surface area contributed by atoms with Crippen LogP contribution in [-0.4, -0.2) is 67.4 Å². The van der Waals surface area contributed by atoms with E-state index < -0.39 is 17.1 Å². The number of esters is 1. The van der Waals surface area contributed by atoms with Gasteiger partial charge in [0.1, 0.15) is 0 Å². The first-order chi connectivity index (χ1) is 19.1. The standard InChI is InChI=1S/C29H28F2N3O4S2/c1-19(35)4-9-23-10-13-25-28(21-5-7-22(8-6-21)29(37)32-16-17-39-20(2)18-32)26-14-11-24(12-15-27(36)38-3)34(26)40(30,31)33(23)25/h4-15,20H,16-18H2,1-3H3/q+1. The number of halogens is 2. The number of thioether (sulfide) groups is 1. The summed E-state index contributed by atoms with van der Waals surface area (Å²) in [4.78, 5) is 38.3. The van der Waals surface area contributed by atoms with E-state index >= 15 is 7.77 Å². The van der Waals surface area contributed by atoms with E-state index in [1.165, 1.54) is 38.3 Å². The number of rotatable bonds is 6. The van der Waals surface area contributed by atoms with Crippen LogP contribution in [0.2, 0.25) is 0 Å². The Balaban J connectivity index is 1.63. The summed E-state index contributed by atoms with van der Waals surface area (Å²) in [6, 6.07) is 10.1. The molecule has 0 N–H and O–H groups in total. The van der Waals surface area contributed by atoms with Gasteiger partial charge in [0.15, 0.2) is 5.78 Å². The van der Waals surface area contributed by atoms with Gasteiger partial charge in [-0.2, -0.15) is 11.8 Å². The van der Waals surface area contributed by atoms with Crippen LogP contribution in [0.25, 0.3) is 11.6 Å². The summed E-state index contributed by atoms with van der Waals surface area (Å²) in [6.45, 7) is 4.82. The first kappa shape index (κ1) is 27.9. The molecule has 5 rings (SSSR count). The van der Waals surface area contributed by atoms with Crippen LogP contribution in [0.4, 0.5) is 7.77 Å². The van der Waals surface area contributed by atoms with Crippen LogP contribution in [0.3, 0.4) is 0 Å². The number of fused-ring (bicyclic) bond motifs is 2. The fourth-order valence-corrected chi connectivity index (χ4v) is 7.59. The van der Waals surface area contributed by atoms with Gasteiger partial charge in [-0.3, -0.25) is 9.59 Å². The smallest absolute Gasteiger partial charge is 0.388 e. The zero-order valence-corrected chi connectivity index (χ0v) is 23.8. The molecule has 7 nitrogen and oxygen atoms in total. The predicted octanol–water partition coefficient (Wildman–Crippen LogP) is 5.45. The lowest BCUT2D eigenvalue weighted by Crippen LogP contribution is -2.41. The number of amides is 1. The summed E-state index contributed by atoms with van der Waals surface area (Å²) in [6.07, 6.45) is 8.19. The van der Waals surface area contributed by atoms with Crippen molar-refractivity contribution in [3.05, 3.63) is 95.0 Å². The highest BCUT2D eigenvalue weighted by atomic mass is 32.3. The van der Waals surface area contributed by atoms with Gasteiger partial charge in [-0.15, -0.1) is 0 Å². The van der Waals surface area contributed by atoms with Gasteiger partial charge in [0.25, 0.3) is 5.91 Å². The van der Waals surface area contributed by atoms with E-state index in [2.05, 4.69) is 11.7 Å². The molecule has 1 amide bonds. The minimum absolute atomic E-state index is 0.0537. The van der Waals surface area contributed by atoms with Crippen LogP contribution in [0.5, 0.6) is 0 Å². The number of methoxy groups -OCH3 is 1. The Morgan fingerprint density at radius 3 is 2.50 bits per heavy atom. The van der Waals surface area contributed by atoms with Crippen molar-refractivity contribution < 1.29 is 30.9 Å². The van der Waals surface area contributed by atoms with Gasteiger partial charge in [-0.05, 0) is 48.9 Å². The molecule has 1 atom stereocenters. The minimum Gasteiger partial charge on any atom is -0.466 e. The molecule has 0 spiro atoms. The normalized spacial score (nSPS) is 20.7. The maximum Gasteiger partial charge on any atom is 0.388 e. The number of hydrogen-bond donors (Lipinski definition) is 0. The van der Waals surface area contributed by atoms with E-state index in [9.17, 15) is 14.4 Å².